The Balaban J connectivity index is 0.000000180. The molecule has 2 rings (SSSR count). The van der Waals surface area contributed by atoms with Crippen molar-refractivity contribution >= 4 is 5.69 Å². The van der Waals surface area contributed by atoms with Gasteiger partial charge in [-0.3, -0.25) is 0 Å². The van der Waals surface area contributed by atoms with Crippen LogP contribution in [0, 0.1) is 6.92 Å². The summed E-state index contributed by atoms with van der Waals surface area (Å²) >= 11 is 0. The van der Waals surface area contributed by atoms with Crippen LogP contribution < -0.4 is 15.2 Å². The summed E-state index contributed by atoms with van der Waals surface area (Å²) in [4.78, 5) is 0. The number of hydrogen-bond acceptors (Lipinski definition) is 3. The van der Waals surface area contributed by atoms with Gasteiger partial charge in [-0.25, -0.2) is 0 Å². The summed E-state index contributed by atoms with van der Waals surface area (Å²) in [5.74, 6) is 1.66. The van der Waals surface area contributed by atoms with Gasteiger partial charge in [-0.15, -0.1) is 0 Å². The van der Waals surface area contributed by atoms with E-state index >= 15 is 0 Å². The average Bonchev–Trinajstić information content (AvgIpc) is 2.40. The Morgan fingerprint density at radius 2 is 1.61 bits per heavy atom. The summed E-state index contributed by atoms with van der Waals surface area (Å²) < 4.78 is 9.91. The third kappa shape index (κ3) is 4.37. The van der Waals surface area contributed by atoms with Crippen molar-refractivity contribution in [3.8, 4) is 11.5 Å². The highest BCUT2D eigenvalue weighted by molar-refractivity contribution is 5.51. The number of hydrogen-bond donors (Lipinski definition) is 1. The Bertz CT molecular complexity index is 483. The molecule has 0 atom stereocenters. The van der Waals surface area contributed by atoms with Crippen LogP contribution in [0.25, 0.3) is 0 Å². The zero-order valence-corrected chi connectivity index (χ0v) is 11.0. The second-order valence-electron chi connectivity index (χ2n) is 3.76. The number of benzene rings is 2. The lowest BCUT2D eigenvalue weighted by Crippen LogP contribution is -1.89. The Kier molecular flexibility index (Phi) is 5.58. The van der Waals surface area contributed by atoms with Crippen LogP contribution in [0.3, 0.4) is 0 Å². The maximum Gasteiger partial charge on any atom is 0.141 e. The highest BCUT2D eigenvalue weighted by Crippen LogP contribution is 2.18. The number of aryl methyl sites for hydroxylation is 1. The molecule has 0 radical (unpaired) electrons. The summed E-state index contributed by atoms with van der Waals surface area (Å²) in [6.45, 7) is 2.04. The SMILES string of the molecule is COc1cccc(C)c1.COc1ccccc1N. The molecule has 3 heteroatoms. The quantitative estimate of drug-likeness (QED) is 0.826. The smallest absolute Gasteiger partial charge is 0.141 e. The second-order valence-corrected chi connectivity index (χ2v) is 3.76. The standard InChI is InChI=1S/C8H10O.C7H9NO/c1-7-4-3-5-8(6-7)9-2;1-9-7-5-3-2-4-6(7)8/h3-6H,1-2H3;2-5H,8H2,1H3. The molecule has 0 aliphatic rings. The fraction of sp³-hybridized carbons (Fsp3) is 0.200. The zero-order chi connectivity index (χ0) is 13.4. The van der Waals surface area contributed by atoms with Crippen molar-refractivity contribution in [3.05, 3.63) is 54.1 Å². The van der Waals surface area contributed by atoms with Gasteiger partial charge in [-0.2, -0.15) is 0 Å². The summed E-state index contributed by atoms with van der Waals surface area (Å²) in [5, 5.41) is 0. The largest absolute Gasteiger partial charge is 0.497 e. The third-order valence-electron chi connectivity index (χ3n) is 2.36. The fourth-order valence-electron chi connectivity index (χ4n) is 1.41. The van der Waals surface area contributed by atoms with Crippen molar-refractivity contribution in [1.29, 1.82) is 0 Å². The minimum atomic E-state index is 0.681. The molecule has 0 aliphatic carbocycles. The molecule has 2 aromatic rings. The van der Waals surface area contributed by atoms with Gasteiger partial charge in [-0.05, 0) is 36.8 Å². The zero-order valence-electron chi connectivity index (χ0n) is 11.0. The molecule has 0 aliphatic heterocycles. The summed E-state index contributed by atoms with van der Waals surface area (Å²) in [5.41, 5.74) is 7.42. The molecule has 0 fully saturated rings. The fourth-order valence-corrected chi connectivity index (χ4v) is 1.41. The number of nitrogens with two attached hydrogens (primary N) is 1. The van der Waals surface area contributed by atoms with E-state index in [1.165, 1.54) is 5.56 Å². The van der Waals surface area contributed by atoms with Crippen molar-refractivity contribution in [1.82, 2.24) is 0 Å². The highest BCUT2D eigenvalue weighted by Gasteiger charge is 1.91. The van der Waals surface area contributed by atoms with Gasteiger partial charge in [-0.1, -0.05) is 24.3 Å². The van der Waals surface area contributed by atoms with Gasteiger partial charge in [0.25, 0.3) is 0 Å². The van der Waals surface area contributed by atoms with E-state index in [0.29, 0.717) is 5.69 Å². The van der Waals surface area contributed by atoms with Gasteiger partial charge in [0, 0.05) is 0 Å². The summed E-state index contributed by atoms with van der Waals surface area (Å²) in [6, 6.07) is 15.4. The normalized spacial score (nSPS) is 9.06. The third-order valence-corrected chi connectivity index (χ3v) is 2.36. The molecule has 2 N–H and O–H groups in total. The molecule has 0 heterocycles. The molecule has 0 aromatic heterocycles. The molecule has 0 bridgehead atoms. The molecular weight excluding hydrogens is 226 g/mol. The molecule has 96 valence electrons. The van der Waals surface area contributed by atoms with Crippen LogP contribution in [0.4, 0.5) is 5.69 Å². The number of anilines is 1. The Morgan fingerprint density at radius 1 is 0.889 bits per heavy atom. The van der Waals surface area contributed by atoms with E-state index < -0.39 is 0 Å². The van der Waals surface area contributed by atoms with Crippen molar-refractivity contribution in [3.63, 3.8) is 0 Å². The first-order valence-corrected chi connectivity index (χ1v) is 5.66. The van der Waals surface area contributed by atoms with Crippen LogP contribution in [0.5, 0.6) is 11.5 Å². The number of ether oxygens (including phenoxy) is 2. The van der Waals surface area contributed by atoms with Gasteiger partial charge < -0.3 is 15.2 Å². The number of nitrogen functional groups attached to an aromatic ring is 1. The summed E-state index contributed by atoms with van der Waals surface area (Å²) in [7, 11) is 3.28. The first-order valence-electron chi connectivity index (χ1n) is 5.66. The van der Waals surface area contributed by atoms with Crippen molar-refractivity contribution in [2.24, 2.45) is 0 Å². The highest BCUT2D eigenvalue weighted by atomic mass is 16.5. The van der Waals surface area contributed by atoms with Crippen LogP contribution in [0.1, 0.15) is 5.56 Å². The van der Waals surface area contributed by atoms with Crippen molar-refractivity contribution in [2.75, 3.05) is 20.0 Å². The van der Waals surface area contributed by atoms with E-state index in [0.717, 1.165) is 11.5 Å². The molecule has 0 spiro atoms. The molecule has 0 saturated heterocycles. The molecular formula is C15H19NO2. The number of methoxy groups -OCH3 is 2. The maximum absolute atomic E-state index is 5.51. The van der Waals surface area contributed by atoms with Crippen molar-refractivity contribution < 1.29 is 9.47 Å². The Hall–Kier alpha value is -2.16. The van der Waals surface area contributed by atoms with Crippen LogP contribution >= 0.6 is 0 Å². The van der Waals surface area contributed by atoms with Crippen LogP contribution in [0.15, 0.2) is 48.5 Å². The minimum Gasteiger partial charge on any atom is -0.497 e. The monoisotopic (exact) mass is 245 g/mol. The van der Waals surface area contributed by atoms with Gasteiger partial charge in [0.1, 0.15) is 11.5 Å². The van der Waals surface area contributed by atoms with Gasteiger partial charge in [0.05, 0.1) is 19.9 Å². The Labute approximate surface area is 108 Å². The van der Waals surface area contributed by atoms with Crippen LogP contribution in [-0.4, -0.2) is 14.2 Å². The molecule has 3 nitrogen and oxygen atoms in total. The van der Waals surface area contributed by atoms with E-state index in [1.807, 2.05) is 49.4 Å². The number of rotatable bonds is 2. The van der Waals surface area contributed by atoms with Crippen molar-refractivity contribution in [2.45, 2.75) is 6.92 Å². The van der Waals surface area contributed by atoms with E-state index in [9.17, 15) is 0 Å². The predicted molar refractivity (Wildman–Crippen MR) is 75.1 cm³/mol. The maximum atomic E-state index is 5.51. The average molecular weight is 245 g/mol. The predicted octanol–water partition coefficient (Wildman–Crippen LogP) is 3.28. The van der Waals surface area contributed by atoms with E-state index in [-0.39, 0.29) is 0 Å². The summed E-state index contributed by atoms with van der Waals surface area (Å²) in [6.07, 6.45) is 0. The first-order chi connectivity index (χ1) is 8.67. The lowest BCUT2D eigenvalue weighted by atomic mass is 10.2. The molecule has 0 saturated carbocycles. The van der Waals surface area contributed by atoms with Gasteiger partial charge in [0.15, 0.2) is 0 Å². The molecule has 18 heavy (non-hydrogen) atoms. The van der Waals surface area contributed by atoms with Crippen LogP contribution in [0.2, 0.25) is 0 Å². The lowest BCUT2D eigenvalue weighted by molar-refractivity contribution is 0.414. The molecule has 0 unspecified atom stereocenters. The van der Waals surface area contributed by atoms with E-state index in [4.69, 9.17) is 15.2 Å². The Morgan fingerprint density at radius 3 is 2.06 bits per heavy atom. The van der Waals surface area contributed by atoms with E-state index in [2.05, 4.69) is 0 Å². The van der Waals surface area contributed by atoms with E-state index in [1.54, 1.807) is 20.3 Å². The second kappa shape index (κ2) is 7.22. The lowest BCUT2D eigenvalue weighted by Gasteiger charge is -2.00. The first kappa shape index (κ1) is 13.9. The molecule has 2 aromatic carbocycles. The van der Waals surface area contributed by atoms with Gasteiger partial charge in [0.2, 0.25) is 0 Å². The molecule has 0 amide bonds. The number of para-hydroxylation sites is 2. The van der Waals surface area contributed by atoms with Gasteiger partial charge >= 0.3 is 0 Å². The van der Waals surface area contributed by atoms with Crippen LogP contribution in [-0.2, 0) is 0 Å². The minimum absolute atomic E-state index is 0.681. The topological polar surface area (TPSA) is 44.5 Å².